The molecule has 2 heterocycles. The van der Waals surface area contributed by atoms with E-state index in [9.17, 15) is 38.2 Å². The van der Waals surface area contributed by atoms with Crippen LogP contribution in [0.5, 0.6) is 0 Å². The van der Waals surface area contributed by atoms with Crippen LogP contribution in [-0.2, 0) is 15.7 Å². The zero-order valence-corrected chi connectivity index (χ0v) is 21.1. The lowest BCUT2D eigenvalue weighted by Crippen LogP contribution is -2.51. The number of anilines is 1. The van der Waals surface area contributed by atoms with Crippen LogP contribution in [0.15, 0.2) is 71.6 Å². The number of halogens is 3. The van der Waals surface area contributed by atoms with Gasteiger partial charge in [0.2, 0.25) is 0 Å². The first kappa shape index (κ1) is 27.9. The zero-order chi connectivity index (χ0) is 28.5. The molecule has 0 aliphatic carbocycles. The van der Waals surface area contributed by atoms with E-state index in [2.05, 4.69) is 0 Å². The minimum Gasteiger partial charge on any atom is -0.488 e. The Balaban J connectivity index is 1.87. The minimum absolute atomic E-state index is 0.0726. The van der Waals surface area contributed by atoms with Crippen molar-refractivity contribution in [3.63, 3.8) is 0 Å². The molecule has 11 heteroatoms. The van der Waals surface area contributed by atoms with Crippen molar-refractivity contribution in [2.45, 2.75) is 51.3 Å². The smallest absolute Gasteiger partial charge is 0.416 e. The molecule has 0 saturated carbocycles. The maximum atomic E-state index is 14.1. The lowest BCUT2D eigenvalue weighted by molar-refractivity contribution is -0.138. The van der Waals surface area contributed by atoms with Gasteiger partial charge < -0.3 is 19.8 Å². The van der Waals surface area contributed by atoms with E-state index >= 15 is 0 Å². The number of hydrogen-bond acceptors (Lipinski definition) is 6. The second-order valence-electron chi connectivity index (χ2n) is 9.30. The Kier molecular flexibility index (Phi) is 7.81. The van der Waals surface area contributed by atoms with Crippen LogP contribution >= 0.6 is 0 Å². The third-order valence-corrected chi connectivity index (χ3v) is 6.70. The summed E-state index contributed by atoms with van der Waals surface area (Å²) in [5.41, 5.74) is 0.179. The summed E-state index contributed by atoms with van der Waals surface area (Å²) in [6, 6.07) is 10.9. The van der Waals surface area contributed by atoms with Crippen LogP contribution in [0.3, 0.4) is 0 Å². The van der Waals surface area contributed by atoms with Gasteiger partial charge in [0.25, 0.3) is 0 Å². The van der Waals surface area contributed by atoms with E-state index in [4.69, 9.17) is 4.74 Å². The Bertz CT molecular complexity index is 1380. The molecule has 0 saturated heterocycles. The fourth-order valence-corrected chi connectivity index (χ4v) is 4.86. The van der Waals surface area contributed by atoms with Crippen molar-refractivity contribution in [2.75, 3.05) is 11.4 Å². The molecule has 8 nitrogen and oxygen atoms in total. The summed E-state index contributed by atoms with van der Waals surface area (Å²) >= 11 is 0. The number of nitrogens with zero attached hydrogens (tertiary/aromatic N) is 3. The third-order valence-electron chi connectivity index (χ3n) is 6.70. The highest BCUT2D eigenvalue weighted by molar-refractivity contribution is 6.05. The molecular formula is C28H26F3N3O5. The second-order valence-corrected chi connectivity index (χ2v) is 9.30. The van der Waals surface area contributed by atoms with Gasteiger partial charge in [0.05, 0.1) is 35.5 Å². The molecule has 2 N–H and O–H groups in total. The van der Waals surface area contributed by atoms with Gasteiger partial charge in [0.1, 0.15) is 11.9 Å². The summed E-state index contributed by atoms with van der Waals surface area (Å²) in [6.07, 6.45) is -4.87. The van der Waals surface area contributed by atoms with E-state index in [1.807, 2.05) is 6.07 Å². The quantitative estimate of drug-likeness (QED) is 0.508. The van der Waals surface area contributed by atoms with Gasteiger partial charge in [-0.3, -0.25) is 9.69 Å². The minimum atomic E-state index is -4.65. The van der Waals surface area contributed by atoms with E-state index in [0.717, 1.165) is 17.0 Å². The van der Waals surface area contributed by atoms with Crippen molar-refractivity contribution in [1.82, 2.24) is 4.90 Å². The third kappa shape index (κ3) is 5.67. The predicted octanol–water partition coefficient (Wildman–Crippen LogP) is 4.80. The fourth-order valence-electron chi connectivity index (χ4n) is 4.86. The molecule has 2 aliphatic heterocycles. The molecule has 0 radical (unpaired) electrons. The van der Waals surface area contributed by atoms with Gasteiger partial charge in [-0.1, -0.05) is 18.2 Å². The molecule has 39 heavy (non-hydrogen) atoms. The van der Waals surface area contributed by atoms with Crippen LogP contribution in [-0.4, -0.2) is 45.9 Å². The van der Waals surface area contributed by atoms with E-state index in [-0.39, 0.29) is 29.3 Å². The summed E-state index contributed by atoms with van der Waals surface area (Å²) < 4.78 is 46.2. The zero-order valence-electron chi connectivity index (χ0n) is 21.1. The number of Topliss-reactive ketones (excluding diaryl/α,β-unsaturated/α-hetero) is 1. The fraction of sp³-hybridized carbons (Fsp3) is 0.321. The monoisotopic (exact) mass is 541 g/mol. The topological polar surface area (TPSA) is 114 Å². The Morgan fingerprint density at radius 3 is 2.49 bits per heavy atom. The highest BCUT2D eigenvalue weighted by Crippen LogP contribution is 2.41. The average molecular weight is 542 g/mol. The summed E-state index contributed by atoms with van der Waals surface area (Å²) in [5.74, 6) is -0.156. The number of allylic oxidation sites excluding steroid dienone is 2. The summed E-state index contributed by atoms with van der Waals surface area (Å²) in [5, 5.41) is 28.4. The standard InChI is InChI=1S/C28H26F3N3O5/c1-16-24(17(2)35)25(19-11-9-18(14-32)10-12-19)33(15-22-7-4-8-23(39-22)26(36)37)27(38)34(16)21-6-3-5-20(13-21)28(29,30)31/h3,5-7,9-13,23,25-26,36-37H,4,8,15H2,1-2H3. The number of benzene rings is 2. The van der Waals surface area contributed by atoms with Gasteiger partial charge in [0.15, 0.2) is 12.1 Å². The van der Waals surface area contributed by atoms with Crippen LogP contribution in [0.4, 0.5) is 23.7 Å². The second kappa shape index (κ2) is 10.9. The molecule has 2 unspecified atom stereocenters. The number of aliphatic hydroxyl groups excluding tert-OH is 1. The van der Waals surface area contributed by atoms with E-state index in [1.165, 1.54) is 30.9 Å². The normalized spacial score (nSPS) is 20.1. The highest BCUT2D eigenvalue weighted by Gasteiger charge is 2.43. The van der Waals surface area contributed by atoms with Crippen LogP contribution in [0, 0.1) is 11.3 Å². The van der Waals surface area contributed by atoms with Gasteiger partial charge in [-0.15, -0.1) is 0 Å². The molecule has 0 aromatic heterocycles. The molecule has 2 aliphatic rings. The number of urea groups is 1. The summed E-state index contributed by atoms with van der Waals surface area (Å²) in [7, 11) is 0. The van der Waals surface area contributed by atoms with Crippen molar-refractivity contribution in [2.24, 2.45) is 0 Å². The van der Waals surface area contributed by atoms with E-state index in [1.54, 1.807) is 30.3 Å². The van der Waals surface area contributed by atoms with Crippen molar-refractivity contribution in [3.05, 3.63) is 88.3 Å². The first-order chi connectivity index (χ1) is 18.4. The maximum Gasteiger partial charge on any atom is 0.416 e. The van der Waals surface area contributed by atoms with Gasteiger partial charge in [-0.2, -0.15) is 18.4 Å². The van der Waals surface area contributed by atoms with Gasteiger partial charge >= 0.3 is 12.2 Å². The van der Waals surface area contributed by atoms with E-state index in [0.29, 0.717) is 24.0 Å². The molecule has 2 aromatic carbocycles. The number of ketones is 1. The van der Waals surface area contributed by atoms with Crippen molar-refractivity contribution < 1.29 is 37.7 Å². The maximum absolute atomic E-state index is 14.1. The molecular weight excluding hydrogens is 515 g/mol. The Morgan fingerprint density at radius 1 is 1.21 bits per heavy atom. The molecule has 2 atom stereocenters. The molecule has 0 spiro atoms. The van der Waals surface area contributed by atoms with Crippen LogP contribution in [0.2, 0.25) is 0 Å². The summed E-state index contributed by atoms with van der Waals surface area (Å²) in [4.78, 5) is 29.4. The molecule has 4 rings (SSSR count). The first-order valence-electron chi connectivity index (χ1n) is 12.1. The average Bonchev–Trinajstić information content (AvgIpc) is 2.90. The number of carbonyl (C=O) groups excluding carboxylic acids is 2. The van der Waals surface area contributed by atoms with Crippen LogP contribution < -0.4 is 4.90 Å². The van der Waals surface area contributed by atoms with Gasteiger partial charge in [-0.25, -0.2) is 4.79 Å². The first-order valence-corrected chi connectivity index (χ1v) is 12.1. The largest absolute Gasteiger partial charge is 0.488 e. The Labute approximate surface area is 222 Å². The number of hydrogen-bond donors (Lipinski definition) is 2. The van der Waals surface area contributed by atoms with Crippen LogP contribution in [0.1, 0.15) is 49.4 Å². The van der Waals surface area contributed by atoms with E-state index < -0.39 is 42.0 Å². The number of ether oxygens (including phenoxy) is 1. The van der Waals surface area contributed by atoms with Crippen molar-refractivity contribution >= 4 is 17.5 Å². The van der Waals surface area contributed by atoms with Crippen molar-refractivity contribution in [3.8, 4) is 6.07 Å². The lowest BCUT2D eigenvalue weighted by Gasteiger charge is -2.43. The Hall–Kier alpha value is -4.14. The highest BCUT2D eigenvalue weighted by atomic mass is 19.4. The van der Waals surface area contributed by atoms with Gasteiger partial charge in [-0.05, 0) is 68.7 Å². The molecule has 2 aromatic rings. The van der Waals surface area contributed by atoms with Crippen LogP contribution in [0.25, 0.3) is 0 Å². The number of alkyl halides is 3. The number of carbonyl (C=O) groups is 2. The van der Waals surface area contributed by atoms with Crippen molar-refractivity contribution in [1.29, 1.82) is 5.26 Å². The number of rotatable bonds is 6. The molecule has 0 fully saturated rings. The SMILES string of the molecule is CC(=O)C1=C(C)N(c2cccc(C(F)(F)F)c2)C(=O)N(CC2=CCCC(C(O)O)O2)C1c1ccc(C#N)cc1. The molecule has 2 amide bonds. The molecule has 204 valence electrons. The number of amides is 2. The predicted molar refractivity (Wildman–Crippen MR) is 134 cm³/mol. The lowest BCUT2D eigenvalue weighted by atomic mass is 9.90. The molecule has 0 bridgehead atoms. The Morgan fingerprint density at radius 2 is 1.90 bits per heavy atom. The summed E-state index contributed by atoms with van der Waals surface area (Å²) in [6.45, 7) is 2.60. The number of nitriles is 1. The van der Waals surface area contributed by atoms with Gasteiger partial charge in [0, 0.05) is 11.3 Å². The number of aliphatic hydroxyl groups is 2.